The Morgan fingerprint density at radius 1 is 0.500 bits per heavy atom. The molecule has 0 unspecified atom stereocenters. The Labute approximate surface area is 255 Å². The van der Waals surface area contributed by atoms with Crippen molar-refractivity contribution in [1.82, 2.24) is 0 Å². The lowest BCUT2D eigenvalue weighted by atomic mass is 9.64. The second-order valence-corrected chi connectivity index (χ2v) is 10.6. The van der Waals surface area contributed by atoms with Crippen LogP contribution in [0.25, 0.3) is 23.3 Å². The van der Waals surface area contributed by atoms with Crippen LogP contribution in [0.4, 0.5) is 17.1 Å². The second kappa shape index (κ2) is 10.3. The first-order valence-electron chi connectivity index (χ1n) is 14.0. The van der Waals surface area contributed by atoms with Crippen LogP contribution in [0.15, 0.2) is 126 Å². The van der Waals surface area contributed by atoms with Gasteiger partial charge in [-0.15, -0.1) is 0 Å². The molecule has 44 heavy (non-hydrogen) atoms. The smallest absolute Gasteiger partial charge is 0.130 e. The number of hydrogen-bond donors (Lipinski definition) is 0. The molecule has 0 saturated carbocycles. The van der Waals surface area contributed by atoms with Gasteiger partial charge in [0.2, 0.25) is 0 Å². The fourth-order valence-corrected chi connectivity index (χ4v) is 6.74. The van der Waals surface area contributed by atoms with E-state index < -0.39 is 5.41 Å². The summed E-state index contributed by atoms with van der Waals surface area (Å²) < 4.78 is 0. The number of para-hydroxylation sites is 1. The highest BCUT2D eigenvalue weighted by Crippen LogP contribution is 2.63. The molecule has 1 aliphatic carbocycles. The minimum absolute atomic E-state index is 0.0234. The van der Waals surface area contributed by atoms with Crippen molar-refractivity contribution in [2.24, 2.45) is 0 Å². The van der Waals surface area contributed by atoms with Crippen LogP contribution < -0.4 is 4.90 Å². The Bertz CT molecular complexity index is 2060. The second-order valence-electron chi connectivity index (χ2n) is 10.6. The Balaban J connectivity index is 1.67. The maximum Gasteiger partial charge on any atom is 0.130 e. The molecule has 1 spiro atoms. The van der Waals surface area contributed by atoms with Crippen LogP contribution in [0.1, 0.15) is 33.4 Å². The van der Waals surface area contributed by atoms with E-state index in [2.05, 4.69) is 77.7 Å². The Kier molecular flexibility index (Phi) is 6.15. The van der Waals surface area contributed by atoms with Gasteiger partial charge in [-0.05, 0) is 93.1 Å². The molecule has 202 valence electrons. The highest BCUT2D eigenvalue weighted by atomic mass is 15.2. The first-order chi connectivity index (χ1) is 21.6. The van der Waals surface area contributed by atoms with Crippen LogP contribution in [0.5, 0.6) is 0 Å². The van der Waals surface area contributed by atoms with Gasteiger partial charge in [-0.25, -0.2) is 0 Å². The fraction of sp³-hybridized carbons (Fsp3) is 0.0256. The van der Waals surface area contributed by atoms with Crippen molar-refractivity contribution >= 4 is 29.2 Å². The predicted octanol–water partition coefficient (Wildman–Crippen LogP) is 8.69. The van der Waals surface area contributed by atoms with Crippen LogP contribution in [0.3, 0.4) is 0 Å². The van der Waals surface area contributed by atoms with Gasteiger partial charge in [-0.1, -0.05) is 78.9 Å². The van der Waals surface area contributed by atoms with Gasteiger partial charge < -0.3 is 4.90 Å². The van der Waals surface area contributed by atoms with Gasteiger partial charge in [-0.3, -0.25) is 0 Å². The average molecular weight is 560 g/mol. The number of anilines is 3. The zero-order chi connectivity index (χ0) is 30.3. The topological polar surface area (TPSA) is 98.4 Å². The number of nitriles is 4. The van der Waals surface area contributed by atoms with Gasteiger partial charge in [0.1, 0.15) is 35.4 Å². The van der Waals surface area contributed by atoms with E-state index in [0.717, 1.165) is 61.6 Å². The lowest BCUT2D eigenvalue weighted by Crippen LogP contribution is -2.36. The van der Waals surface area contributed by atoms with Crippen molar-refractivity contribution in [3.63, 3.8) is 0 Å². The first kappa shape index (κ1) is 26.3. The van der Waals surface area contributed by atoms with Crippen LogP contribution in [0.2, 0.25) is 0 Å². The largest absolute Gasteiger partial charge is 0.310 e. The molecule has 1 aliphatic heterocycles. The molecule has 0 atom stereocenters. The van der Waals surface area contributed by atoms with Crippen molar-refractivity contribution in [1.29, 1.82) is 21.0 Å². The zero-order valence-electron chi connectivity index (χ0n) is 23.4. The Morgan fingerprint density at radius 2 is 0.932 bits per heavy atom. The fourth-order valence-electron chi connectivity index (χ4n) is 6.74. The van der Waals surface area contributed by atoms with E-state index in [9.17, 15) is 21.0 Å². The molecule has 0 radical (unpaired) electrons. The molecular formula is C39H21N5. The van der Waals surface area contributed by atoms with Gasteiger partial charge in [0.15, 0.2) is 0 Å². The molecule has 7 rings (SSSR count). The summed E-state index contributed by atoms with van der Waals surface area (Å²) in [6, 6.07) is 47.1. The number of fused-ring (bicyclic) bond motifs is 9. The van der Waals surface area contributed by atoms with E-state index in [4.69, 9.17) is 0 Å². The molecule has 0 bridgehead atoms. The standard InChI is InChI=1S/C39H21N5/c40-22-28(23-41)18-26-14-16-37-35(20-26)39(33-12-6-4-10-31(33)32-11-5-7-13-34(32)39)36-21-27(19-29(24-42)25-43)15-17-38(36)44(37)30-8-2-1-3-9-30/h1-21H. The summed E-state index contributed by atoms with van der Waals surface area (Å²) in [6.45, 7) is 0. The maximum absolute atomic E-state index is 9.55. The van der Waals surface area contributed by atoms with Gasteiger partial charge >= 0.3 is 0 Å². The van der Waals surface area contributed by atoms with Crippen molar-refractivity contribution < 1.29 is 0 Å². The van der Waals surface area contributed by atoms with Gasteiger partial charge in [0, 0.05) is 5.69 Å². The third-order valence-electron chi connectivity index (χ3n) is 8.40. The van der Waals surface area contributed by atoms with Crippen molar-refractivity contribution in [2.45, 2.75) is 5.41 Å². The average Bonchev–Trinajstić information content (AvgIpc) is 3.38. The number of hydrogen-bond acceptors (Lipinski definition) is 5. The van der Waals surface area contributed by atoms with E-state index in [1.54, 1.807) is 12.2 Å². The predicted molar refractivity (Wildman–Crippen MR) is 170 cm³/mol. The number of allylic oxidation sites excluding steroid dienone is 2. The molecule has 0 aromatic heterocycles. The quantitative estimate of drug-likeness (QED) is 0.202. The third kappa shape index (κ3) is 3.76. The van der Waals surface area contributed by atoms with Crippen LogP contribution in [-0.2, 0) is 5.41 Å². The minimum Gasteiger partial charge on any atom is -0.310 e. The molecule has 2 aliphatic rings. The summed E-state index contributed by atoms with van der Waals surface area (Å²) in [5, 5.41) is 38.2. The molecule has 0 fully saturated rings. The monoisotopic (exact) mass is 559 g/mol. The van der Waals surface area contributed by atoms with E-state index in [0.29, 0.717) is 0 Å². The van der Waals surface area contributed by atoms with E-state index in [1.807, 2.05) is 66.7 Å². The summed E-state index contributed by atoms with van der Waals surface area (Å²) in [4.78, 5) is 2.23. The van der Waals surface area contributed by atoms with Crippen LogP contribution in [0, 0.1) is 45.3 Å². The zero-order valence-corrected chi connectivity index (χ0v) is 23.4. The van der Waals surface area contributed by atoms with E-state index in [-0.39, 0.29) is 11.1 Å². The van der Waals surface area contributed by atoms with Gasteiger partial charge in [0.05, 0.1) is 16.8 Å². The van der Waals surface area contributed by atoms with Crippen molar-refractivity contribution in [2.75, 3.05) is 4.90 Å². The van der Waals surface area contributed by atoms with Gasteiger partial charge in [0.25, 0.3) is 0 Å². The molecule has 5 nitrogen and oxygen atoms in total. The first-order valence-corrected chi connectivity index (χ1v) is 14.0. The number of benzene rings is 5. The lowest BCUT2D eigenvalue weighted by Gasteiger charge is -2.45. The molecule has 1 heterocycles. The highest BCUT2D eigenvalue weighted by Gasteiger charge is 2.51. The van der Waals surface area contributed by atoms with Crippen molar-refractivity contribution in [3.05, 3.63) is 160 Å². The maximum atomic E-state index is 9.55. The Hall–Kier alpha value is -6.66. The molecule has 5 aromatic carbocycles. The SMILES string of the molecule is N#CC(C#N)=Cc1ccc2c(c1)C1(c3ccccc3-c3ccccc31)c1cc(C=C(C#N)C#N)ccc1N2c1ccccc1. The number of rotatable bonds is 3. The summed E-state index contributed by atoms with van der Waals surface area (Å²) in [7, 11) is 0. The number of nitrogens with zero attached hydrogens (tertiary/aromatic N) is 5. The molecule has 0 saturated heterocycles. The lowest BCUT2D eigenvalue weighted by molar-refractivity contribution is 0.752. The van der Waals surface area contributed by atoms with Crippen LogP contribution >= 0.6 is 0 Å². The molecular weight excluding hydrogens is 538 g/mol. The third-order valence-corrected chi connectivity index (χ3v) is 8.40. The minimum atomic E-state index is -0.768. The summed E-state index contributed by atoms with van der Waals surface area (Å²) >= 11 is 0. The van der Waals surface area contributed by atoms with Crippen molar-refractivity contribution in [3.8, 4) is 35.4 Å². The normalized spacial score (nSPS) is 12.6. The molecule has 5 aromatic rings. The van der Waals surface area contributed by atoms with E-state index >= 15 is 0 Å². The Morgan fingerprint density at radius 3 is 1.39 bits per heavy atom. The highest BCUT2D eigenvalue weighted by molar-refractivity contribution is 5.96. The summed E-state index contributed by atoms with van der Waals surface area (Å²) in [6.07, 6.45) is 3.24. The molecule has 0 N–H and O–H groups in total. The summed E-state index contributed by atoms with van der Waals surface area (Å²) in [5.74, 6) is 0. The van der Waals surface area contributed by atoms with Gasteiger partial charge in [-0.2, -0.15) is 21.0 Å². The molecule has 0 amide bonds. The van der Waals surface area contributed by atoms with Crippen LogP contribution in [-0.4, -0.2) is 0 Å². The molecule has 5 heteroatoms. The summed E-state index contributed by atoms with van der Waals surface area (Å²) in [5.41, 5.74) is 10.1. The van der Waals surface area contributed by atoms with E-state index in [1.165, 1.54) is 0 Å².